The van der Waals surface area contributed by atoms with E-state index < -0.39 is 29.3 Å². The van der Waals surface area contributed by atoms with Crippen molar-refractivity contribution in [2.75, 3.05) is 25.4 Å². The summed E-state index contributed by atoms with van der Waals surface area (Å²) in [5.74, 6) is 0.895. The smallest absolute Gasteiger partial charge is 0.346 e. The van der Waals surface area contributed by atoms with Crippen LogP contribution in [0.15, 0.2) is 0 Å². The van der Waals surface area contributed by atoms with Crippen LogP contribution in [0.4, 0.5) is 4.79 Å². The Balaban J connectivity index is 1.47. The third kappa shape index (κ3) is 4.26. The Kier molecular flexibility index (Phi) is 6.17. The number of hydroxylamine groups is 3. The molecule has 3 aliphatic rings. The Morgan fingerprint density at radius 1 is 1.48 bits per heavy atom. The maximum atomic E-state index is 12.3. The molecule has 3 rings (SSSR count). The fourth-order valence-corrected chi connectivity index (χ4v) is 4.11. The van der Waals surface area contributed by atoms with Gasteiger partial charge in [0.1, 0.15) is 17.4 Å². The summed E-state index contributed by atoms with van der Waals surface area (Å²) in [5, 5.41) is 4.11. The fraction of sp³-hybridized carbons (Fsp3) is 0.846. The number of thiol groups is 1. The zero-order valence-corrected chi connectivity index (χ0v) is 15.2. The Labute approximate surface area is 153 Å². The van der Waals surface area contributed by atoms with Crippen molar-refractivity contribution in [3.05, 3.63) is 0 Å². The van der Waals surface area contributed by atoms with Gasteiger partial charge in [-0.05, 0) is 37.5 Å². The number of fused-ring (bicyclic) bond motifs is 2. The average molecular weight is 393 g/mol. The summed E-state index contributed by atoms with van der Waals surface area (Å²) in [4.78, 5) is 31.1. The molecule has 3 unspecified atom stereocenters. The van der Waals surface area contributed by atoms with Crippen LogP contribution in [0.25, 0.3) is 0 Å². The lowest BCUT2D eigenvalue weighted by atomic mass is 10.0. The van der Waals surface area contributed by atoms with Crippen LogP contribution in [0.2, 0.25) is 0 Å². The molecule has 0 radical (unpaired) electrons. The first kappa shape index (κ1) is 18.9. The molecule has 0 aliphatic carbocycles. The number of piperidine rings is 1. The van der Waals surface area contributed by atoms with Crippen LogP contribution in [0.1, 0.15) is 19.3 Å². The van der Waals surface area contributed by atoms with Gasteiger partial charge in [-0.15, -0.1) is 0 Å². The molecule has 3 aliphatic heterocycles. The van der Waals surface area contributed by atoms with Gasteiger partial charge in [-0.3, -0.25) is 9.63 Å². The lowest BCUT2D eigenvalue weighted by Crippen LogP contribution is -2.50. The van der Waals surface area contributed by atoms with Gasteiger partial charge in [-0.2, -0.15) is 22.0 Å². The highest BCUT2D eigenvalue weighted by Crippen LogP contribution is 2.30. The second-order valence-corrected chi connectivity index (χ2v) is 7.38. The normalized spacial score (nSPS) is 33.0. The molecule has 3 amide bonds. The summed E-state index contributed by atoms with van der Waals surface area (Å²) in [6.45, 7) is 1.47. The van der Waals surface area contributed by atoms with Gasteiger partial charge in [0, 0.05) is 12.6 Å². The van der Waals surface area contributed by atoms with E-state index in [4.69, 9.17) is 4.84 Å². The minimum atomic E-state index is -2.83. The minimum absolute atomic E-state index is 0.164. The Morgan fingerprint density at radius 3 is 2.96 bits per heavy atom. The van der Waals surface area contributed by atoms with Crippen molar-refractivity contribution in [1.82, 2.24) is 20.8 Å². The van der Waals surface area contributed by atoms with E-state index in [1.165, 1.54) is 4.90 Å². The molecule has 2 N–H and O–H groups in total. The second-order valence-electron chi connectivity index (χ2n) is 6.45. The van der Waals surface area contributed by atoms with E-state index in [1.807, 2.05) is 0 Å². The molecule has 10 nitrogen and oxygen atoms in total. The van der Waals surface area contributed by atoms with Gasteiger partial charge in [0.25, 0.3) is 5.91 Å². The zero-order valence-electron chi connectivity index (χ0n) is 13.5. The third-order valence-corrected chi connectivity index (χ3v) is 5.59. The number of rotatable bonds is 7. The summed E-state index contributed by atoms with van der Waals surface area (Å²) < 4.78 is 25.9. The van der Waals surface area contributed by atoms with E-state index >= 15 is 0 Å². The predicted molar refractivity (Wildman–Crippen MR) is 88.6 cm³/mol. The van der Waals surface area contributed by atoms with Gasteiger partial charge in [0.2, 0.25) is 0 Å². The van der Waals surface area contributed by atoms with E-state index in [1.54, 1.807) is 0 Å². The summed E-state index contributed by atoms with van der Waals surface area (Å²) in [6, 6.07) is -1.52. The molecule has 0 aromatic carbocycles. The monoisotopic (exact) mass is 393 g/mol. The van der Waals surface area contributed by atoms with E-state index in [-0.39, 0.29) is 18.6 Å². The fourth-order valence-electron chi connectivity index (χ4n) is 3.52. The van der Waals surface area contributed by atoms with Crippen LogP contribution < -0.4 is 10.8 Å². The standard InChI is InChI=1S/C13H22N4O6S2/c18-12(15-22-6-9-3-8(7-24)4-14-9)11-2-1-10-5-16(11)13(19)17(10)23-25(20)21/h8-11,14,24H,1-7H2,(H,15,18)(H,20,21)/p-1/t8-,9+,10?,11?/m1/s1. The van der Waals surface area contributed by atoms with E-state index in [0.717, 1.165) is 23.8 Å². The number of hydrogen-bond donors (Lipinski definition) is 3. The number of urea groups is 1. The molecule has 3 heterocycles. The number of hydrogen-bond acceptors (Lipinski definition) is 8. The van der Waals surface area contributed by atoms with Crippen LogP contribution in [0.3, 0.4) is 0 Å². The van der Waals surface area contributed by atoms with Crippen LogP contribution in [-0.4, -0.2) is 74.2 Å². The van der Waals surface area contributed by atoms with Crippen molar-refractivity contribution < 1.29 is 27.5 Å². The molecule has 25 heavy (non-hydrogen) atoms. The molecule has 0 saturated carbocycles. The lowest BCUT2D eigenvalue weighted by Gasteiger charge is -2.29. The van der Waals surface area contributed by atoms with Gasteiger partial charge in [0.05, 0.1) is 12.6 Å². The lowest BCUT2D eigenvalue weighted by molar-refractivity contribution is -0.139. The Bertz CT molecular complexity index is 553. The van der Waals surface area contributed by atoms with Crippen molar-refractivity contribution in [1.29, 1.82) is 0 Å². The highest BCUT2D eigenvalue weighted by atomic mass is 32.2. The van der Waals surface area contributed by atoms with Crippen molar-refractivity contribution in [3.63, 3.8) is 0 Å². The molecule has 0 aromatic rings. The number of carbonyl (C=O) groups excluding carboxylic acids is 2. The quantitative estimate of drug-likeness (QED) is 0.286. The largest absolute Gasteiger partial charge is 0.748 e. The predicted octanol–water partition coefficient (Wildman–Crippen LogP) is -1.06. The molecular weight excluding hydrogens is 372 g/mol. The van der Waals surface area contributed by atoms with Gasteiger partial charge >= 0.3 is 6.03 Å². The van der Waals surface area contributed by atoms with Gasteiger partial charge in [0.15, 0.2) is 0 Å². The van der Waals surface area contributed by atoms with Crippen LogP contribution in [-0.2, 0) is 25.3 Å². The van der Waals surface area contributed by atoms with Crippen LogP contribution in [0.5, 0.6) is 0 Å². The topological polar surface area (TPSA) is 123 Å². The highest BCUT2D eigenvalue weighted by Gasteiger charge is 2.48. The zero-order chi connectivity index (χ0) is 18.0. The maximum absolute atomic E-state index is 12.3. The molecule has 3 fully saturated rings. The second kappa shape index (κ2) is 8.18. The number of carbonyl (C=O) groups is 2. The Morgan fingerprint density at radius 2 is 2.28 bits per heavy atom. The van der Waals surface area contributed by atoms with Gasteiger partial charge in [-0.1, -0.05) is 0 Å². The van der Waals surface area contributed by atoms with Crippen molar-refractivity contribution >= 4 is 35.9 Å². The van der Waals surface area contributed by atoms with E-state index in [0.29, 0.717) is 25.4 Å². The summed E-state index contributed by atoms with van der Waals surface area (Å²) in [5.41, 5.74) is 2.40. The molecule has 142 valence electrons. The molecule has 3 saturated heterocycles. The molecule has 0 spiro atoms. The van der Waals surface area contributed by atoms with Crippen molar-refractivity contribution in [3.8, 4) is 0 Å². The molecule has 5 atom stereocenters. The first-order chi connectivity index (χ1) is 12.0. The highest BCUT2D eigenvalue weighted by molar-refractivity contribution is 7.80. The van der Waals surface area contributed by atoms with Gasteiger partial charge in [-0.25, -0.2) is 14.5 Å². The summed E-state index contributed by atoms with van der Waals surface area (Å²) >= 11 is 1.44. The van der Waals surface area contributed by atoms with E-state index in [2.05, 4.69) is 27.7 Å². The molecule has 12 heteroatoms. The van der Waals surface area contributed by atoms with Crippen molar-refractivity contribution in [2.24, 2.45) is 5.92 Å². The SMILES string of the molecule is O=C(NOC[C@@H]1C[C@@H](CS)CN1)C1CCC2CN1C(=O)N2OS(=O)[O-]. The first-order valence-electron chi connectivity index (χ1n) is 8.13. The van der Waals surface area contributed by atoms with Gasteiger partial charge < -0.3 is 14.8 Å². The molecule has 0 aromatic heterocycles. The molecular formula is C13H21N4O6S2-. The van der Waals surface area contributed by atoms with Crippen LogP contribution in [0, 0.1) is 5.92 Å². The van der Waals surface area contributed by atoms with Crippen LogP contribution >= 0.6 is 12.6 Å². The van der Waals surface area contributed by atoms with E-state index in [9.17, 15) is 18.4 Å². The van der Waals surface area contributed by atoms with Crippen molar-refractivity contribution in [2.45, 2.75) is 37.4 Å². The molecule has 2 bridgehead atoms. The number of nitrogens with zero attached hydrogens (tertiary/aromatic N) is 2. The number of nitrogens with one attached hydrogen (secondary N) is 2. The first-order valence-corrected chi connectivity index (χ1v) is 9.76. The summed E-state index contributed by atoms with van der Waals surface area (Å²) in [6.07, 6.45) is 1.83. The Hall–Kier alpha value is -0.920. The maximum Gasteiger partial charge on any atom is 0.346 e. The third-order valence-electron chi connectivity index (χ3n) is 4.80. The number of amides is 3. The minimum Gasteiger partial charge on any atom is -0.748 e. The average Bonchev–Trinajstić information content (AvgIpc) is 3.14. The summed E-state index contributed by atoms with van der Waals surface area (Å²) in [7, 11) is 0.